The van der Waals surface area contributed by atoms with Crippen molar-refractivity contribution in [1.82, 2.24) is 9.88 Å². The van der Waals surface area contributed by atoms with Crippen LogP contribution in [0.1, 0.15) is 24.2 Å². The van der Waals surface area contributed by atoms with E-state index >= 15 is 0 Å². The van der Waals surface area contributed by atoms with Crippen molar-refractivity contribution in [3.8, 4) is 5.75 Å². The number of hydrogen-bond acceptors (Lipinski definition) is 4. The predicted molar refractivity (Wildman–Crippen MR) is 69.4 cm³/mol. The van der Waals surface area contributed by atoms with E-state index in [9.17, 15) is 0 Å². The van der Waals surface area contributed by atoms with Crippen LogP contribution in [-0.4, -0.2) is 24.0 Å². The summed E-state index contributed by atoms with van der Waals surface area (Å²) in [5, 5.41) is 0. The third-order valence-corrected chi connectivity index (χ3v) is 3.15. The molecule has 2 rings (SSSR count). The molecule has 0 fully saturated rings. The SMILES string of the molecule is COc1ccccc1C(C)N(C)Cc1cocn1. The van der Waals surface area contributed by atoms with Gasteiger partial charge in [0.1, 0.15) is 12.0 Å². The molecule has 4 heteroatoms. The summed E-state index contributed by atoms with van der Waals surface area (Å²) in [4.78, 5) is 6.34. The number of ether oxygens (including phenoxy) is 1. The Bertz CT molecular complexity index is 482. The minimum absolute atomic E-state index is 0.248. The molecule has 0 spiro atoms. The number of benzene rings is 1. The Balaban J connectivity index is 2.12. The van der Waals surface area contributed by atoms with Crippen LogP contribution < -0.4 is 4.74 Å². The predicted octanol–water partition coefficient (Wildman–Crippen LogP) is 2.88. The molecule has 0 aliphatic heterocycles. The first-order chi connectivity index (χ1) is 8.72. The van der Waals surface area contributed by atoms with Crippen molar-refractivity contribution >= 4 is 0 Å². The zero-order valence-corrected chi connectivity index (χ0v) is 11.0. The van der Waals surface area contributed by atoms with E-state index in [0.717, 1.165) is 18.0 Å². The molecule has 0 N–H and O–H groups in total. The maximum Gasteiger partial charge on any atom is 0.180 e. The molecule has 0 saturated heterocycles. The quantitative estimate of drug-likeness (QED) is 0.813. The van der Waals surface area contributed by atoms with Gasteiger partial charge in [0.2, 0.25) is 0 Å². The van der Waals surface area contributed by atoms with Crippen molar-refractivity contribution in [2.24, 2.45) is 0 Å². The molecule has 0 amide bonds. The average Bonchev–Trinajstić information content (AvgIpc) is 2.90. The largest absolute Gasteiger partial charge is 0.496 e. The van der Waals surface area contributed by atoms with Crippen molar-refractivity contribution in [2.45, 2.75) is 19.5 Å². The zero-order valence-electron chi connectivity index (χ0n) is 11.0. The monoisotopic (exact) mass is 246 g/mol. The highest BCUT2D eigenvalue weighted by molar-refractivity contribution is 5.35. The molecule has 0 bridgehead atoms. The van der Waals surface area contributed by atoms with Gasteiger partial charge in [0.05, 0.1) is 12.8 Å². The molecule has 1 heterocycles. The Morgan fingerprint density at radius 3 is 2.83 bits per heavy atom. The summed E-state index contributed by atoms with van der Waals surface area (Å²) in [5.74, 6) is 0.914. The van der Waals surface area contributed by atoms with E-state index in [0.29, 0.717) is 0 Å². The smallest absolute Gasteiger partial charge is 0.180 e. The third kappa shape index (κ3) is 2.71. The van der Waals surface area contributed by atoms with Crippen LogP contribution in [0.15, 0.2) is 41.3 Å². The van der Waals surface area contributed by atoms with E-state index in [1.165, 1.54) is 12.0 Å². The van der Waals surface area contributed by atoms with Crippen molar-refractivity contribution < 1.29 is 9.15 Å². The number of rotatable bonds is 5. The fourth-order valence-electron chi connectivity index (χ4n) is 1.96. The first-order valence-electron chi connectivity index (χ1n) is 5.92. The second kappa shape index (κ2) is 5.69. The molecule has 1 aromatic carbocycles. The lowest BCUT2D eigenvalue weighted by atomic mass is 10.1. The Hall–Kier alpha value is -1.81. The van der Waals surface area contributed by atoms with Gasteiger partial charge in [-0.05, 0) is 20.0 Å². The molecule has 0 aliphatic carbocycles. The number of oxazole rings is 1. The van der Waals surface area contributed by atoms with Gasteiger partial charge in [0.25, 0.3) is 0 Å². The number of nitrogens with zero attached hydrogens (tertiary/aromatic N) is 2. The summed E-state index contributed by atoms with van der Waals surface area (Å²) < 4.78 is 10.4. The lowest BCUT2D eigenvalue weighted by Crippen LogP contribution is -2.22. The Morgan fingerprint density at radius 1 is 1.39 bits per heavy atom. The molecule has 0 saturated carbocycles. The van der Waals surface area contributed by atoms with Gasteiger partial charge in [-0.25, -0.2) is 4.98 Å². The highest BCUT2D eigenvalue weighted by atomic mass is 16.5. The molecule has 18 heavy (non-hydrogen) atoms. The summed E-state index contributed by atoms with van der Waals surface area (Å²) in [6.45, 7) is 2.90. The molecule has 0 aliphatic rings. The topological polar surface area (TPSA) is 38.5 Å². The van der Waals surface area contributed by atoms with E-state index in [2.05, 4.69) is 29.9 Å². The molecule has 1 atom stereocenters. The molecule has 4 nitrogen and oxygen atoms in total. The number of para-hydroxylation sites is 1. The minimum atomic E-state index is 0.248. The first-order valence-corrected chi connectivity index (χ1v) is 5.92. The molecule has 2 aromatic rings. The normalized spacial score (nSPS) is 12.7. The van der Waals surface area contributed by atoms with E-state index < -0.39 is 0 Å². The lowest BCUT2D eigenvalue weighted by molar-refractivity contribution is 0.244. The molecule has 1 unspecified atom stereocenters. The fraction of sp³-hybridized carbons (Fsp3) is 0.357. The van der Waals surface area contributed by atoms with Crippen LogP contribution in [0.5, 0.6) is 5.75 Å². The lowest BCUT2D eigenvalue weighted by Gasteiger charge is -2.25. The minimum Gasteiger partial charge on any atom is -0.496 e. The van der Waals surface area contributed by atoms with Crippen LogP contribution in [0.2, 0.25) is 0 Å². The molecular weight excluding hydrogens is 228 g/mol. The van der Waals surface area contributed by atoms with Crippen LogP contribution >= 0.6 is 0 Å². The fourth-order valence-corrected chi connectivity index (χ4v) is 1.96. The number of methoxy groups -OCH3 is 1. The Morgan fingerprint density at radius 2 is 2.17 bits per heavy atom. The van der Waals surface area contributed by atoms with Crippen LogP contribution in [0.25, 0.3) is 0 Å². The first kappa shape index (κ1) is 12.6. The van der Waals surface area contributed by atoms with Gasteiger partial charge in [0, 0.05) is 18.2 Å². The van der Waals surface area contributed by atoms with Gasteiger partial charge < -0.3 is 9.15 Å². The van der Waals surface area contributed by atoms with Crippen molar-refractivity contribution in [3.63, 3.8) is 0 Å². The standard InChI is InChI=1S/C14H18N2O2/c1-11(13-6-4-5-7-14(13)17-3)16(2)8-12-9-18-10-15-12/h4-7,9-11H,8H2,1-3H3. The number of aromatic nitrogens is 1. The van der Waals surface area contributed by atoms with Crippen molar-refractivity contribution in [3.05, 3.63) is 48.2 Å². The van der Waals surface area contributed by atoms with Crippen molar-refractivity contribution in [2.75, 3.05) is 14.2 Å². The molecule has 1 aromatic heterocycles. The van der Waals surface area contributed by atoms with Crippen LogP contribution in [-0.2, 0) is 6.54 Å². The second-order valence-corrected chi connectivity index (χ2v) is 4.31. The summed E-state index contributed by atoms with van der Waals surface area (Å²) in [6, 6.07) is 8.32. The van der Waals surface area contributed by atoms with Gasteiger partial charge >= 0.3 is 0 Å². The van der Waals surface area contributed by atoms with Crippen LogP contribution in [0.3, 0.4) is 0 Å². The summed E-state index contributed by atoms with van der Waals surface area (Å²) in [7, 11) is 3.76. The van der Waals surface area contributed by atoms with Gasteiger partial charge in [-0.2, -0.15) is 0 Å². The highest BCUT2D eigenvalue weighted by Gasteiger charge is 2.16. The Kier molecular flexibility index (Phi) is 3.99. The maximum absolute atomic E-state index is 5.39. The highest BCUT2D eigenvalue weighted by Crippen LogP contribution is 2.28. The van der Waals surface area contributed by atoms with Gasteiger partial charge in [0.15, 0.2) is 6.39 Å². The second-order valence-electron chi connectivity index (χ2n) is 4.31. The average molecular weight is 246 g/mol. The van der Waals surface area contributed by atoms with E-state index in [-0.39, 0.29) is 6.04 Å². The zero-order chi connectivity index (χ0) is 13.0. The van der Waals surface area contributed by atoms with E-state index in [4.69, 9.17) is 9.15 Å². The van der Waals surface area contributed by atoms with Gasteiger partial charge in [-0.15, -0.1) is 0 Å². The third-order valence-electron chi connectivity index (χ3n) is 3.15. The molecule has 96 valence electrons. The summed E-state index contributed by atoms with van der Waals surface area (Å²) in [6.07, 6.45) is 3.13. The van der Waals surface area contributed by atoms with E-state index in [1.807, 2.05) is 18.2 Å². The van der Waals surface area contributed by atoms with Crippen molar-refractivity contribution in [1.29, 1.82) is 0 Å². The van der Waals surface area contributed by atoms with Crippen LogP contribution in [0.4, 0.5) is 0 Å². The summed E-state index contributed by atoms with van der Waals surface area (Å²) >= 11 is 0. The van der Waals surface area contributed by atoms with E-state index in [1.54, 1.807) is 13.4 Å². The maximum atomic E-state index is 5.39. The molecule has 0 radical (unpaired) electrons. The number of hydrogen-bond donors (Lipinski definition) is 0. The summed E-state index contributed by atoms with van der Waals surface area (Å²) in [5.41, 5.74) is 2.10. The van der Waals surface area contributed by atoms with Gasteiger partial charge in [-0.3, -0.25) is 4.90 Å². The molecular formula is C14H18N2O2. The van der Waals surface area contributed by atoms with Gasteiger partial charge in [-0.1, -0.05) is 18.2 Å². The van der Waals surface area contributed by atoms with Crippen LogP contribution in [0, 0.1) is 0 Å². The Labute approximate surface area is 107 Å².